The molecule has 0 heterocycles. The molecule has 0 spiro atoms. The highest BCUT2D eigenvalue weighted by atomic mass is 35.5. The minimum absolute atomic E-state index is 0.314. The van der Waals surface area contributed by atoms with Crippen molar-refractivity contribution < 1.29 is 9.50 Å². The van der Waals surface area contributed by atoms with Crippen LogP contribution in [0, 0.1) is 17.2 Å². The third-order valence-electron chi connectivity index (χ3n) is 4.75. The van der Waals surface area contributed by atoms with Gasteiger partial charge in [-0.15, -0.1) is 0 Å². The number of benzene rings is 1. The number of aliphatic hydroxyl groups excluding tert-OH is 1. The minimum Gasteiger partial charge on any atom is -0.388 e. The molecule has 0 bridgehead atoms. The molecule has 20 heavy (non-hydrogen) atoms. The normalized spacial score (nSPS) is 28.4. The van der Waals surface area contributed by atoms with Crippen LogP contribution < -0.4 is 5.73 Å². The molecule has 3 unspecified atom stereocenters. The molecule has 4 heteroatoms. The summed E-state index contributed by atoms with van der Waals surface area (Å²) >= 11 is 5.90. The first-order chi connectivity index (χ1) is 9.50. The van der Waals surface area contributed by atoms with E-state index in [9.17, 15) is 9.50 Å². The molecule has 0 radical (unpaired) electrons. The molecule has 0 saturated heterocycles. The van der Waals surface area contributed by atoms with Gasteiger partial charge in [-0.25, -0.2) is 4.39 Å². The zero-order valence-corrected chi connectivity index (χ0v) is 12.7. The second-order valence-electron chi connectivity index (χ2n) is 6.04. The number of nitrogens with two attached hydrogens (primary N) is 1. The first kappa shape index (κ1) is 15.7. The van der Waals surface area contributed by atoms with Crippen molar-refractivity contribution in [1.82, 2.24) is 0 Å². The molecule has 2 rings (SSSR count). The molecule has 0 amide bonds. The van der Waals surface area contributed by atoms with Gasteiger partial charge in [0.25, 0.3) is 0 Å². The van der Waals surface area contributed by atoms with Crippen LogP contribution in [0.4, 0.5) is 4.39 Å². The third kappa shape index (κ3) is 3.16. The second kappa shape index (κ2) is 6.42. The Morgan fingerprint density at radius 2 is 2.25 bits per heavy atom. The Bertz CT molecular complexity index is 448. The summed E-state index contributed by atoms with van der Waals surface area (Å²) in [4.78, 5) is 0. The molecule has 1 fully saturated rings. The van der Waals surface area contributed by atoms with Crippen molar-refractivity contribution >= 4 is 11.6 Å². The molecule has 2 nitrogen and oxygen atoms in total. The van der Waals surface area contributed by atoms with Gasteiger partial charge in [-0.2, -0.15) is 0 Å². The summed E-state index contributed by atoms with van der Waals surface area (Å²) in [6.45, 7) is 2.58. The number of hydrogen-bond acceptors (Lipinski definition) is 2. The molecule has 3 atom stereocenters. The van der Waals surface area contributed by atoms with Crippen molar-refractivity contribution in [3.05, 3.63) is 34.6 Å². The zero-order valence-electron chi connectivity index (χ0n) is 11.9. The molecule has 1 aromatic carbocycles. The Morgan fingerprint density at radius 1 is 1.50 bits per heavy atom. The highest BCUT2D eigenvalue weighted by Crippen LogP contribution is 2.48. The van der Waals surface area contributed by atoms with Gasteiger partial charge in [0.2, 0.25) is 0 Å². The quantitative estimate of drug-likeness (QED) is 0.881. The van der Waals surface area contributed by atoms with E-state index < -0.39 is 11.9 Å². The summed E-state index contributed by atoms with van der Waals surface area (Å²) in [5.41, 5.74) is 6.17. The van der Waals surface area contributed by atoms with Crippen molar-refractivity contribution in [2.24, 2.45) is 17.1 Å². The maximum Gasteiger partial charge on any atom is 0.125 e. The van der Waals surface area contributed by atoms with Gasteiger partial charge in [0.05, 0.1) is 6.10 Å². The lowest BCUT2D eigenvalue weighted by molar-refractivity contribution is -0.0163. The zero-order chi connectivity index (χ0) is 14.8. The second-order valence-corrected chi connectivity index (χ2v) is 6.48. The van der Waals surface area contributed by atoms with Crippen LogP contribution in [-0.2, 0) is 0 Å². The van der Waals surface area contributed by atoms with Crippen LogP contribution in [0.3, 0.4) is 0 Å². The van der Waals surface area contributed by atoms with Crippen LogP contribution >= 0.6 is 11.6 Å². The van der Waals surface area contributed by atoms with E-state index in [4.69, 9.17) is 17.3 Å². The molecule has 1 aliphatic rings. The number of rotatable bonds is 4. The summed E-state index contributed by atoms with van der Waals surface area (Å²) in [5, 5.41) is 11.1. The Balaban J connectivity index is 2.30. The van der Waals surface area contributed by atoms with Crippen molar-refractivity contribution in [1.29, 1.82) is 0 Å². The lowest BCUT2D eigenvalue weighted by atomic mass is 9.64. The monoisotopic (exact) mass is 299 g/mol. The first-order valence-corrected chi connectivity index (χ1v) is 7.72. The smallest absolute Gasteiger partial charge is 0.125 e. The molecule has 0 aromatic heterocycles. The van der Waals surface area contributed by atoms with Crippen molar-refractivity contribution in [3.63, 3.8) is 0 Å². The van der Waals surface area contributed by atoms with Crippen molar-refractivity contribution in [3.8, 4) is 0 Å². The average Bonchev–Trinajstić information content (AvgIpc) is 2.45. The number of hydrogen-bond donors (Lipinski definition) is 2. The molecule has 112 valence electrons. The standard InChI is InChI=1S/C16H23ClFNO/c1-2-11-4-3-5-16(9-11,10-19)15(20)12-6-13(17)8-14(18)7-12/h6-8,11,15,20H,2-5,9-10,19H2,1H3. The fourth-order valence-corrected chi connectivity index (χ4v) is 3.73. The van der Waals surface area contributed by atoms with E-state index >= 15 is 0 Å². The summed E-state index contributed by atoms with van der Waals surface area (Å²) in [6, 6.07) is 4.26. The predicted molar refractivity (Wildman–Crippen MR) is 80.1 cm³/mol. The van der Waals surface area contributed by atoms with Gasteiger partial charge < -0.3 is 10.8 Å². The van der Waals surface area contributed by atoms with E-state index in [0.717, 1.165) is 25.7 Å². The lowest BCUT2D eigenvalue weighted by Crippen LogP contribution is -2.41. The van der Waals surface area contributed by atoms with Crippen molar-refractivity contribution in [2.75, 3.05) is 6.54 Å². The largest absolute Gasteiger partial charge is 0.388 e. The van der Waals surface area contributed by atoms with E-state index in [1.807, 2.05) is 0 Å². The highest BCUT2D eigenvalue weighted by Gasteiger charge is 2.41. The van der Waals surface area contributed by atoms with Gasteiger partial charge >= 0.3 is 0 Å². The summed E-state index contributed by atoms with van der Waals surface area (Å²) in [5.74, 6) is 0.174. The molecule has 1 aromatic rings. The third-order valence-corrected chi connectivity index (χ3v) is 4.97. The summed E-state index contributed by atoms with van der Waals surface area (Å²) in [7, 11) is 0. The van der Waals surface area contributed by atoms with Crippen LogP contribution in [0.25, 0.3) is 0 Å². The molecular weight excluding hydrogens is 277 g/mol. The highest BCUT2D eigenvalue weighted by molar-refractivity contribution is 6.30. The Labute approximate surface area is 125 Å². The van der Waals surface area contributed by atoms with Gasteiger partial charge in [-0.05, 0) is 42.5 Å². The van der Waals surface area contributed by atoms with Crippen LogP contribution in [0.5, 0.6) is 0 Å². The molecule has 1 saturated carbocycles. The van der Waals surface area contributed by atoms with Crippen LogP contribution in [-0.4, -0.2) is 11.7 Å². The predicted octanol–water partition coefficient (Wildman–Crippen LogP) is 4.06. The maximum absolute atomic E-state index is 13.5. The van der Waals surface area contributed by atoms with Crippen molar-refractivity contribution in [2.45, 2.75) is 45.1 Å². The summed E-state index contributed by atoms with van der Waals surface area (Å²) in [6.07, 6.45) is 4.38. The van der Waals surface area contributed by atoms with Gasteiger partial charge in [0, 0.05) is 17.0 Å². The Hall–Kier alpha value is -0.640. The average molecular weight is 300 g/mol. The van der Waals surface area contributed by atoms with E-state index in [0.29, 0.717) is 23.0 Å². The minimum atomic E-state index is -0.755. The van der Waals surface area contributed by atoms with Crippen LogP contribution in [0.2, 0.25) is 5.02 Å². The lowest BCUT2D eigenvalue weighted by Gasteiger charge is -2.43. The molecule has 1 aliphatic carbocycles. The Kier molecular flexibility index (Phi) is 5.05. The maximum atomic E-state index is 13.5. The SMILES string of the molecule is CCC1CCCC(CN)(C(O)c2cc(F)cc(Cl)c2)C1. The van der Waals surface area contributed by atoms with E-state index in [1.165, 1.54) is 18.6 Å². The van der Waals surface area contributed by atoms with Gasteiger partial charge in [-0.3, -0.25) is 0 Å². The van der Waals surface area contributed by atoms with Crippen LogP contribution in [0.1, 0.15) is 50.7 Å². The number of aliphatic hydroxyl groups is 1. The first-order valence-electron chi connectivity index (χ1n) is 7.35. The molecule has 3 N–H and O–H groups in total. The molecular formula is C16H23ClFNO. The Morgan fingerprint density at radius 3 is 2.85 bits per heavy atom. The fraction of sp³-hybridized carbons (Fsp3) is 0.625. The topological polar surface area (TPSA) is 46.2 Å². The van der Waals surface area contributed by atoms with E-state index in [2.05, 4.69) is 6.92 Å². The van der Waals surface area contributed by atoms with E-state index in [-0.39, 0.29) is 5.41 Å². The summed E-state index contributed by atoms with van der Waals surface area (Å²) < 4.78 is 13.5. The van der Waals surface area contributed by atoms with Gasteiger partial charge in [-0.1, -0.05) is 37.8 Å². The van der Waals surface area contributed by atoms with E-state index in [1.54, 1.807) is 6.07 Å². The number of halogens is 2. The fourth-order valence-electron chi connectivity index (χ4n) is 3.50. The van der Waals surface area contributed by atoms with Gasteiger partial charge in [0.1, 0.15) is 5.82 Å². The molecule has 0 aliphatic heterocycles. The van der Waals surface area contributed by atoms with Crippen LogP contribution in [0.15, 0.2) is 18.2 Å². The van der Waals surface area contributed by atoms with Gasteiger partial charge in [0.15, 0.2) is 0 Å².